The highest BCUT2D eigenvalue weighted by molar-refractivity contribution is 5.89. The standard InChI is InChI=1S/C16H16O4/c17-12-15-10-9-14(20-15)8-4-5-11-19-16(18)13-6-2-1-3-7-13/h1-3,6-7,9-10,12H,4-5,8,11H2. The lowest BCUT2D eigenvalue weighted by molar-refractivity contribution is 0.0498. The molecule has 2 aromatic rings. The van der Waals surface area contributed by atoms with Crippen molar-refractivity contribution in [3.05, 3.63) is 59.5 Å². The first-order chi connectivity index (χ1) is 9.79. The van der Waals surface area contributed by atoms with Gasteiger partial charge < -0.3 is 9.15 Å². The Kier molecular flexibility index (Phi) is 5.12. The lowest BCUT2D eigenvalue weighted by Gasteiger charge is -2.04. The largest absolute Gasteiger partial charge is 0.462 e. The number of carbonyl (C=O) groups excluding carboxylic acids is 2. The lowest BCUT2D eigenvalue weighted by atomic mass is 10.2. The molecule has 0 aliphatic heterocycles. The Morgan fingerprint density at radius 1 is 1.10 bits per heavy atom. The molecule has 0 saturated heterocycles. The van der Waals surface area contributed by atoms with E-state index >= 15 is 0 Å². The van der Waals surface area contributed by atoms with E-state index < -0.39 is 0 Å². The molecule has 0 amide bonds. The average molecular weight is 272 g/mol. The van der Waals surface area contributed by atoms with E-state index in [9.17, 15) is 9.59 Å². The number of hydrogen-bond donors (Lipinski definition) is 0. The number of furan rings is 1. The van der Waals surface area contributed by atoms with E-state index in [1.165, 1.54) is 0 Å². The van der Waals surface area contributed by atoms with E-state index in [1.807, 2.05) is 6.07 Å². The van der Waals surface area contributed by atoms with Crippen LogP contribution in [0.15, 0.2) is 46.9 Å². The summed E-state index contributed by atoms with van der Waals surface area (Å²) in [5.74, 6) is 0.823. The summed E-state index contributed by atoms with van der Waals surface area (Å²) in [5.41, 5.74) is 0.564. The van der Waals surface area contributed by atoms with Crippen LogP contribution in [0.1, 0.15) is 39.5 Å². The third kappa shape index (κ3) is 4.09. The van der Waals surface area contributed by atoms with Gasteiger partial charge in [0.25, 0.3) is 0 Å². The van der Waals surface area contributed by atoms with Crippen LogP contribution >= 0.6 is 0 Å². The quantitative estimate of drug-likeness (QED) is 0.441. The van der Waals surface area contributed by atoms with Gasteiger partial charge in [-0.3, -0.25) is 4.79 Å². The molecule has 1 heterocycles. The lowest BCUT2D eigenvalue weighted by Crippen LogP contribution is -2.06. The number of aldehydes is 1. The van der Waals surface area contributed by atoms with Gasteiger partial charge in [0, 0.05) is 6.42 Å². The second-order valence-electron chi connectivity index (χ2n) is 4.38. The second-order valence-corrected chi connectivity index (χ2v) is 4.38. The van der Waals surface area contributed by atoms with Gasteiger partial charge in [0.05, 0.1) is 12.2 Å². The zero-order valence-corrected chi connectivity index (χ0v) is 11.1. The summed E-state index contributed by atoms with van der Waals surface area (Å²) in [4.78, 5) is 22.1. The van der Waals surface area contributed by atoms with Gasteiger partial charge in [0.2, 0.25) is 0 Å². The van der Waals surface area contributed by atoms with E-state index in [0.29, 0.717) is 24.2 Å². The number of carbonyl (C=O) groups is 2. The van der Waals surface area contributed by atoms with Crippen LogP contribution < -0.4 is 0 Å². The molecule has 0 spiro atoms. The van der Waals surface area contributed by atoms with Crippen molar-refractivity contribution in [2.75, 3.05) is 6.61 Å². The Balaban J connectivity index is 1.64. The van der Waals surface area contributed by atoms with Gasteiger partial charge >= 0.3 is 5.97 Å². The SMILES string of the molecule is O=Cc1ccc(CCCCOC(=O)c2ccccc2)o1. The van der Waals surface area contributed by atoms with Gasteiger partial charge in [-0.15, -0.1) is 0 Å². The average Bonchev–Trinajstić information content (AvgIpc) is 2.95. The molecule has 0 aliphatic carbocycles. The third-order valence-corrected chi connectivity index (χ3v) is 2.86. The fourth-order valence-corrected chi connectivity index (χ4v) is 1.82. The van der Waals surface area contributed by atoms with E-state index in [-0.39, 0.29) is 5.97 Å². The molecule has 0 saturated carbocycles. The molecule has 0 fully saturated rings. The predicted octanol–water partition coefficient (Wildman–Crippen LogP) is 3.27. The van der Waals surface area contributed by atoms with Crippen LogP contribution in [0, 0.1) is 0 Å². The van der Waals surface area contributed by atoms with Crippen molar-refractivity contribution in [2.24, 2.45) is 0 Å². The summed E-state index contributed by atoms with van der Waals surface area (Å²) >= 11 is 0. The van der Waals surface area contributed by atoms with Gasteiger partial charge in [-0.2, -0.15) is 0 Å². The number of unbranched alkanes of at least 4 members (excludes halogenated alkanes) is 1. The highest BCUT2D eigenvalue weighted by Gasteiger charge is 2.05. The van der Waals surface area contributed by atoms with Crippen LogP contribution in [0.4, 0.5) is 0 Å². The monoisotopic (exact) mass is 272 g/mol. The van der Waals surface area contributed by atoms with Crippen molar-refractivity contribution in [1.29, 1.82) is 0 Å². The number of benzene rings is 1. The first-order valence-electron chi connectivity index (χ1n) is 6.55. The minimum Gasteiger partial charge on any atom is -0.462 e. The van der Waals surface area contributed by atoms with Crippen LogP contribution in [-0.4, -0.2) is 18.9 Å². The topological polar surface area (TPSA) is 56.5 Å². The molecule has 0 atom stereocenters. The summed E-state index contributed by atoms with van der Waals surface area (Å²) in [5, 5.41) is 0. The van der Waals surface area contributed by atoms with Crippen LogP contribution in [0.25, 0.3) is 0 Å². The molecule has 0 aliphatic rings. The van der Waals surface area contributed by atoms with Crippen molar-refractivity contribution in [3.8, 4) is 0 Å². The molecule has 0 N–H and O–H groups in total. The molecule has 104 valence electrons. The summed E-state index contributed by atoms with van der Waals surface area (Å²) in [6.07, 6.45) is 3.02. The molecular formula is C16H16O4. The molecular weight excluding hydrogens is 256 g/mol. The van der Waals surface area contributed by atoms with Crippen molar-refractivity contribution in [3.63, 3.8) is 0 Å². The fourth-order valence-electron chi connectivity index (χ4n) is 1.82. The minimum atomic E-state index is -0.299. The smallest absolute Gasteiger partial charge is 0.338 e. The Hall–Kier alpha value is -2.36. The van der Waals surface area contributed by atoms with E-state index in [1.54, 1.807) is 36.4 Å². The Morgan fingerprint density at radius 2 is 1.90 bits per heavy atom. The van der Waals surface area contributed by atoms with Crippen LogP contribution in [-0.2, 0) is 11.2 Å². The molecule has 20 heavy (non-hydrogen) atoms. The molecule has 0 unspecified atom stereocenters. The highest BCUT2D eigenvalue weighted by Crippen LogP contribution is 2.09. The van der Waals surface area contributed by atoms with Crippen LogP contribution in [0.3, 0.4) is 0 Å². The molecule has 4 nitrogen and oxygen atoms in total. The minimum absolute atomic E-state index is 0.299. The van der Waals surface area contributed by atoms with E-state index in [2.05, 4.69) is 0 Å². The molecule has 1 aromatic carbocycles. The Labute approximate surface area is 117 Å². The van der Waals surface area contributed by atoms with E-state index in [4.69, 9.17) is 9.15 Å². The first kappa shape index (κ1) is 14.1. The van der Waals surface area contributed by atoms with Gasteiger partial charge in [-0.25, -0.2) is 4.79 Å². The van der Waals surface area contributed by atoms with Gasteiger partial charge in [-0.1, -0.05) is 18.2 Å². The van der Waals surface area contributed by atoms with Crippen molar-refractivity contribution < 1.29 is 18.7 Å². The molecule has 0 bridgehead atoms. The normalized spacial score (nSPS) is 10.2. The van der Waals surface area contributed by atoms with Crippen LogP contribution in [0.5, 0.6) is 0 Å². The number of hydrogen-bond acceptors (Lipinski definition) is 4. The van der Waals surface area contributed by atoms with Crippen LogP contribution in [0.2, 0.25) is 0 Å². The number of esters is 1. The Bertz CT molecular complexity index is 557. The fraction of sp³-hybridized carbons (Fsp3) is 0.250. The Morgan fingerprint density at radius 3 is 2.60 bits per heavy atom. The zero-order chi connectivity index (χ0) is 14.2. The number of aryl methyl sites for hydroxylation is 1. The van der Waals surface area contributed by atoms with Crippen molar-refractivity contribution >= 4 is 12.3 Å². The second kappa shape index (κ2) is 7.28. The van der Waals surface area contributed by atoms with Crippen molar-refractivity contribution in [1.82, 2.24) is 0 Å². The first-order valence-corrected chi connectivity index (χ1v) is 6.55. The highest BCUT2D eigenvalue weighted by atomic mass is 16.5. The molecule has 1 aromatic heterocycles. The maximum absolute atomic E-state index is 11.6. The number of ether oxygens (including phenoxy) is 1. The van der Waals surface area contributed by atoms with Gasteiger partial charge in [-0.05, 0) is 37.1 Å². The maximum Gasteiger partial charge on any atom is 0.338 e. The summed E-state index contributed by atoms with van der Waals surface area (Å²) < 4.78 is 10.4. The summed E-state index contributed by atoms with van der Waals surface area (Å²) in [6, 6.07) is 12.4. The van der Waals surface area contributed by atoms with E-state index in [0.717, 1.165) is 25.0 Å². The molecule has 4 heteroatoms. The maximum atomic E-state index is 11.6. The zero-order valence-electron chi connectivity index (χ0n) is 11.1. The third-order valence-electron chi connectivity index (χ3n) is 2.86. The van der Waals surface area contributed by atoms with Crippen molar-refractivity contribution in [2.45, 2.75) is 19.3 Å². The molecule has 2 rings (SSSR count). The summed E-state index contributed by atoms with van der Waals surface area (Å²) in [7, 11) is 0. The molecule has 0 radical (unpaired) electrons. The summed E-state index contributed by atoms with van der Waals surface area (Å²) in [6.45, 7) is 0.384. The van der Waals surface area contributed by atoms with Gasteiger partial charge in [0.15, 0.2) is 12.0 Å². The predicted molar refractivity (Wildman–Crippen MR) is 73.8 cm³/mol. The van der Waals surface area contributed by atoms with Gasteiger partial charge in [0.1, 0.15) is 5.76 Å². The number of rotatable bonds is 7.